The first-order chi connectivity index (χ1) is 9.13. The first kappa shape index (κ1) is 13.4. The molecule has 2 rings (SSSR count). The summed E-state index contributed by atoms with van der Waals surface area (Å²) in [6.07, 6.45) is 5.07. The number of aromatic nitrogens is 4. The quantitative estimate of drug-likeness (QED) is 0.912. The predicted molar refractivity (Wildman–Crippen MR) is 76.0 cm³/mol. The van der Waals surface area contributed by atoms with Gasteiger partial charge in [-0.3, -0.25) is 9.97 Å². The van der Waals surface area contributed by atoms with Crippen molar-refractivity contribution in [3.8, 4) is 11.4 Å². The van der Waals surface area contributed by atoms with E-state index in [0.717, 1.165) is 35.1 Å². The van der Waals surface area contributed by atoms with Crippen LogP contribution in [0, 0.1) is 6.92 Å². The van der Waals surface area contributed by atoms with E-state index in [1.165, 1.54) is 0 Å². The topological polar surface area (TPSA) is 63.6 Å². The van der Waals surface area contributed by atoms with Gasteiger partial charge < -0.3 is 5.32 Å². The monoisotopic (exact) mass is 257 g/mol. The van der Waals surface area contributed by atoms with E-state index in [9.17, 15) is 0 Å². The van der Waals surface area contributed by atoms with Crippen LogP contribution in [0.15, 0.2) is 18.6 Å². The molecule has 0 aliphatic carbocycles. The van der Waals surface area contributed by atoms with Crippen LogP contribution in [0.25, 0.3) is 11.4 Å². The zero-order chi connectivity index (χ0) is 13.8. The van der Waals surface area contributed by atoms with Crippen LogP contribution in [0.3, 0.4) is 0 Å². The SMILES string of the molecule is CCNc1nc(C(C)C)nc(-c2cnccn2)c1C. The lowest BCUT2D eigenvalue weighted by molar-refractivity contribution is 0.773. The Bertz CT molecular complexity index is 551. The number of hydrogen-bond donors (Lipinski definition) is 1. The molecule has 0 bridgehead atoms. The molecule has 0 unspecified atom stereocenters. The van der Waals surface area contributed by atoms with Gasteiger partial charge in [-0.15, -0.1) is 0 Å². The summed E-state index contributed by atoms with van der Waals surface area (Å²) in [6.45, 7) is 9.06. The second-order valence-electron chi connectivity index (χ2n) is 4.68. The minimum Gasteiger partial charge on any atom is -0.370 e. The molecule has 0 aliphatic rings. The fourth-order valence-electron chi connectivity index (χ4n) is 1.80. The lowest BCUT2D eigenvalue weighted by Crippen LogP contribution is -2.09. The molecule has 0 spiro atoms. The molecule has 0 amide bonds. The highest BCUT2D eigenvalue weighted by Crippen LogP contribution is 2.25. The average Bonchev–Trinajstić information content (AvgIpc) is 2.42. The maximum absolute atomic E-state index is 4.63. The Morgan fingerprint density at radius 1 is 1.21 bits per heavy atom. The number of rotatable bonds is 4. The molecule has 0 radical (unpaired) electrons. The van der Waals surface area contributed by atoms with Crippen molar-refractivity contribution in [2.24, 2.45) is 0 Å². The van der Waals surface area contributed by atoms with E-state index in [-0.39, 0.29) is 5.92 Å². The third kappa shape index (κ3) is 2.86. The standard InChI is InChI=1S/C14H19N5/c1-5-16-14-10(4)12(11-8-15-6-7-17-11)18-13(19-14)9(2)3/h6-9H,5H2,1-4H3,(H,16,18,19). The molecule has 1 N–H and O–H groups in total. The van der Waals surface area contributed by atoms with Gasteiger partial charge in [0.15, 0.2) is 0 Å². The fraction of sp³-hybridized carbons (Fsp3) is 0.429. The fourth-order valence-corrected chi connectivity index (χ4v) is 1.80. The number of anilines is 1. The largest absolute Gasteiger partial charge is 0.370 e. The molecule has 0 atom stereocenters. The zero-order valence-electron chi connectivity index (χ0n) is 11.8. The second kappa shape index (κ2) is 5.73. The molecule has 0 aromatic carbocycles. The molecule has 2 aromatic rings. The van der Waals surface area contributed by atoms with Crippen LogP contribution in [0.2, 0.25) is 0 Å². The van der Waals surface area contributed by atoms with E-state index in [2.05, 4.69) is 46.0 Å². The van der Waals surface area contributed by atoms with Gasteiger partial charge in [-0.05, 0) is 13.8 Å². The van der Waals surface area contributed by atoms with Crippen molar-refractivity contribution < 1.29 is 0 Å². The summed E-state index contributed by atoms with van der Waals surface area (Å²) in [5.41, 5.74) is 2.64. The van der Waals surface area contributed by atoms with Crippen molar-refractivity contribution in [2.45, 2.75) is 33.6 Å². The molecule has 2 heterocycles. The van der Waals surface area contributed by atoms with E-state index in [4.69, 9.17) is 0 Å². The highest BCUT2D eigenvalue weighted by atomic mass is 15.0. The van der Waals surface area contributed by atoms with Crippen LogP contribution in [-0.4, -0.2) is 26.5 Å². The molecule has 100 valence electrons. The normalized spacial score (nSPS) is 10.8. The predicted octanol–water partition coefficient (Wildman–Crippen LogP) is 2.80. The molecule has 0 saturated heterocycles. The Balaban J connectivity index is 2.59. The van der Waals surface area contributed by atoms with Gasteiger partial charge in [-0.1, -0.05) is 13.8 Å². The van der Waals surface area contributed by atoms with Gasteiger partial charge in [-0.25, -0.2) is 9.97 Å². The lowest BCUT2D eigenvalue weighted by Gasteiger charge is -2.14. The third-order valence-corrected chi connectivity index (χ3v) is 2.83. The lowest BCUT2D eigenvalue weighted by atomic mass is 10.1. The Kier molecular flexibility index (Phi) is 4.04. The van der Waals surface area contributed by atoms with Gasteiger partial charge in [0.25, 0.3) is 0 Å². The smallest absolute Gasteiger partial charge is 0.134 e. The molecule has 0 fully saturated rings. The van der Waals surface area contributed by atoms with Crippen LogP contribution in [0.1, 0.15) is 38.1 Å². The van der Waals surface area contributed by atoms with E-state index < -0.39 is 0 Å². The van der Waals surface area contributed by atoms with E-state index in [0.29, 0.717) is 0 Å². The number of nitrogens with one attached hydrogen (secondary N) is 1. The average molecular weight is 257 g/mol. The van der Waals surface area contributed by atoms with Crippen LogP contribution in [0.4, 0.5) is 5.82 Å². The first-order valence-electron chi connectivity index (χ1n) is 6.52. The summed E-state index contributed by atoms with van der Waals surface area (Å²) in [5, 5.41) is 3.28. The molecule has 2 aromatic heterocycles. The van der Waals surface area contributed by atoms with Crippen molar-refractivity contribution >= 4 is 5.82 Å². The van der Waals surface area contributed by atoms with Crippen LogP contribution in [0.5, 0.6) is 0 Å². The summed E-state index contributed by atoms with van der Waals surface area (Å²) in [7, 11) is 0. The molecule has 0 aliphatic heterocycles. The van der Waals surface area contributed by atoms with Gasteiger partial charge in [0.2, 0.25) is 0 Å². The number of hydrogen-bond acceptors (Lipinski definition) is 5. The van der Waals surface area contributed by atoms with Gasteiger partial charge in [-0.2, -0.15) is 0 Å². The van der Waals surface area contributed by atoms with Crippen molar-refractivity contribution in [1.82, 2.24) is 19.9 Å². The number of nitrogens with zero attached hydrogens (tertiary/aromatic N) is 4. The molecule has 5 heteroatoms. The van der Waals surface area contributed by atoms with Crippen LogP contribution in [-0.2, 0) is 0 Å². The summed E-state index contributed by atoms with van der Waals surface area (Å²) >= 11 is 0. The highest BCUT2D eigenvalue weighted by molar-refractivity contribution is 5.64. The Morgan fingerprint density at radius 2 is 2.00 bits per heavy atom. The summed E-state index contributed by atoms with van der Waals surface area (Å²) in [5.74, 6) is 1.97. The maximum Gasteiger partial charge on any atom is 0.134 e. The molecular formula is C14H19N5. The minimum atomic E-state index is 0.272. The zero-order valence-corrected chi connectivity index (χ0v) is 11.8. The van der Waals surface area contributed by atoms with Gasteiger partial charge >= 0.3 is 0 Å². The van der Waals surface area contributed by atoms with Crippen LogP contribution < -0.4 is 5.32 Å². The van der Waals surface area contributed by atoms with Gasteiger partial charge in [0.05, 0.1) is 11.9 Å². The highest BCUT2D eigenvalue weighted by Gasteiger charge is 2.14. The summed E-state index contributed by atoms with van der Waals surface area (Å²) < 4.78 is 0. The maximum atomic E-state index is 4.63. The van der Waals surface area contributed by atoms with E-state index >= 15 is 0 Å². The summed E-state index contributed by atoms with van der Waals surface area (Å²) in [6, 6.07) is 0. The van der Waals surface area contributed by atoms with Gasteiger partial charge in [0.1, 0.15) is 17.3 Å². The molecular weight excluding hydrogens is 238 g/mol. The minimum absolute atomic E-state index is 0.272. The van der Waals surface area contributed by atoms with E-state index in [1.807, 2.05) is 6.92 Å². The van der Waals surface area contributed by atoms with Crippen molar-refractivity contribution in [1.29, 1.82) is 0 Å². The molecule has 19 heavy (non-hydrogen) atoms. The third-order valence-electron chi connectivity index (χ3n) is 2.83. The molecule has 0 saturated carbocycles. The summed E-state index contributed by atoms with van der Waals surface area (Å²) in [4.78, 5) is 17.6. The van der Waals surface area contributed by atoms with Gasteiger partial charge in [0, 0.05) is 30.4 Å². The van der Waals surface area contributed by atoms with Crippen molar-refractivity contribution in [3.05, 3.63) is 30.0 Å². The second-order valence-corrected chi connectivity index (χ2v) is 4.68. The van der Waals surface area contributed by atoms with Crippen molar-refractivity contribution in [3.63, 3.8) is 0 Å². The Morgan fingerprint density at radius 3 is 2.58 bits per heavy atom. The van der Waals surface area contributed by atoms with E-state index in [1.54, 1.807) is 18.6 Å². The first-order valence-corrected chi connectivity index (χ1v) is 6.52. The van der Waals surface area contributed by atoms with Crippen molar-refractivity contribution in [2.75, 3.05) is 11.9 Å². The Labute approximate surface area is 113 Å². The van der Waals surface area contributed by atoms with Crippen LogP contribution >= 0.6 is 0 Å². The Hall–Kier alpha value is -2.04. The molecule has 5 nitrogen and oxygen atoms in total.